The van der Waals surface area contributed by atoms with Crippen molar-refractivity contribution in [3.8, 4) is 6.07 Å². The summed E-state index contributed by atoms with van der Waals surface area (Å²) in [6, 6.07) is 12.0. The number of fused-ring (bicyclic) bond motifs is 1. The second-order valence-corrected chi connectivity index (χ2v) is 4.40. The minimum Gasteiger partial charge on any atom is -0.268 e. The van der Waals surface area contributed by atoms with Crippen LogP contribution in [0.4, 0.5) is 0 Å². The van der Waals surface area contributed by atoms with Gasteiger partial charge in [0.15, 0.2) is 0 Å². The second kappa shape index (κ2) is 4.59. The number of nitrogens with zero attached hydrogens (tertiary/aromatic N) is 3. The summed E-state index contributed by atoms with van der Waals surface area (Å²) in [7, 11) is 0. The number of hydrogen-bond donors (Lipinski definition) is 0. The maximum atomic E-state index is 12.1. The molecule has 5 nitrogen and oxygen atoms in total. The zero-order valence-electron chi connectivity index (χ0n) is 10.4. The number of amides is 2. The summed E-state index contributed by atoms with van der Waals surface area (Å²) in [5.74, 6) is -0.711. The van der Waals surface area contributed by atoms with Crippen molar-refractivity contribution in [2.24, 2.45) is 0 Å². The highest BCUT2D eigenvalue weighted by Crippen LogP contribution is 2.22. The zero-order chi connectivity index (χ0) is 14.1. The summed E-state index contributed by atoms with van der Waals surface area (Å²) < 4.78 is 0. The number of nitriles is 1. The van der Waals surface area contributed by atoms with E-state index in [0.717, 1.165) is 5.56 Å². The number of carbonyl (C=O) groups excluding carboxylic acids is 2. The third-order valence-corrected chi connectivity index (χ3v) is 3.15. The minimum atomic E-state index is -0.380. The lowest BCUT2D eigenvalue weighted by Gasteiger charge is -2.13. The molecule has 2 aromatic rings. The Morgan fingerprint density at radius 1 is 1.10 bits per heavy atom. The van der Waals surface area contributed by atoms with Gasteiger partial charge in [-0.2, -0.15) is 5.26 Å². The monoisotopic (exact) mass is 263 g/mol. The first kappa shape index (κ1) is 12.1. The number of aromatic nitrogens is 1. The Bertz CT molecular complexity index is 709. The van der Waals surface area contributed by atoms with Crippen LogP contribution in [0.1, 0.15) is 32.0 Å². The van der Waals surface area contributed by atoms with Crippen molar-refractivity contribution in [1.29, 1.82) is 5.26 Å². The Balaban J connectivity index is 1.88. The van der Waals surface area contributed by atoms with E-state index in [1.807, 2.05) is 6.07 Å². The van der Waals surface area contributed by atoms with Crippen molar-refractivity contribution < 1.29 is 9.59 Å². The molecule has 5 heteroatoms. The van der Waals surface area contributed by atoms with Crippen molar-refractivity contribution in [3.05, 3.63) is 65.0 Å². The van der Waals surface area contributed by atoms with Crippen molar-refractivity contribution in [2.45, 2.75) is 6.54 Å². The molecule has 1 aliphatic heterocycles. The van der Waals surface area contributed by atoms with Gasteiger partial charge in [0, 0.05) is 6.20 Å². The standard InChI is InChI=1S/C15H9N3O2/c16-8-10-3-5-11(6-4-10)9-18-14(19)12-2-1-7-17-13(12)15(18)20/h1-7H,9H2. The molecular formula is C15H9N3O2. The van der Waals surface area contributed by atoms with Crippen molar-refractivity contribution >= 4 is 11.8 Å². The average Bonchev–Trinajstić information content (AvgIpc) is 2.74. The molecule has 0 spiro atoms. The summed E-state index contributed by atoms with van der Waals surface area (Å²) >= 11 is 0. The van der Waals surface area contributed by atoms with E-state index in [-0.39, 0.29) is 24.1 Å². The number of rotatable bonds is 2. The molecule has 1 aliphatic rings. The first-order valence-corrected chi connectivity index (χ1v) is 6.01. The molecule has 3 rings (SSSR count). The van der Waals surface area contributed by atoms with Gasteiger partial charge in [0.05, 0.1) is 23.7 Å². The molecular weight excluding hydrogens is 254 g/mol. The van der Waals surface area contributed by atoms with E-state index < -0.39 is 0 Å². The molecule has 2 amide bonds. The summed E-state index contributed by atoms with van der Waals surface area (Å²) in [6.45, 7) is 0.180. The first-order valence-electron chi connectivity index (χ1n) is 6.01. The Hall–Kier alpha value is -3.00. The average molecular weight is 263 g/mol. The summed E-state index contributed by atoms with van der Waals surface area (Å²) in [6.07, 6.45) is 1.50. The lowest BCUT2D eigenvalue weighted by atomic mass is 10.1. The third kappa shape index (κ3) is 1.84. The van der Waals surface area contributed by atoms with Crippen LogP contribution in [0.5, 0.6) is 0 Å². The van der Waals surface area contributed by atoms with Gasteiger partial charge in [0.1, 0.15) is 5.69 Å². The van der Waals surface area contributed by atoms with Crippen LogP contribution in [0.25, 0.3) is 0 Å². The van der Waals surface area contributed by atoms with E-state index in [1.54, 1.807) is 36.4 Å². The molecule has 2 heterocycles. The summed E-state index contributed by atoms with van der Waals surface area (Å²) in [4.78, 5) is 29.4. The number of benzene rings is 1. The molecule has 0 atom stereocenters. The fourth-order valence-electron chi connectivity index (χ4n) is 2.12. The van der Waals surface area contributed by atoms with Gasteiger partial charge in [0.2, 0.25) is 0 Å². The number of carbonyl (C=O) groups is 2. The Labute approximate surface area is 115 Å². The van der Waals surface area contributed by atoms with Crippen LogP contribution in [-0.4, -0.2) is 21.7 Å². The van der Waals surface area contributed by atoms with Crippen LogP contribution in [0.3, 0.4) is 0 Å². The van der Waals surface area contributed by atoms with Crippen LogP contribution in [0.2, 0.25) is 0 Å². The molecule has 0 unspecified atom stereocenters. The highest BCUT2D eigenvalue weighted by Gasteiger charge is 2.36. The maximum absolute atomic E-state index is 12.1. The molecule has 0 radical (unpaired) electrons. The zero-order valence-corrected chi connectivity index (χ0v) is 10.4. The van der Waals surface area contributed by atoms with Crippen LogP contribution in [-0.2, 0) is 6.54 Å². The van der Waals surface area contributed by atoms with Crippen LogP contribution in [0.15, 0.2) is 42.6 Å². The van der Waals surface area contributed by atoms with E-state index in [1.165, 1.54) is 11.1 Å². The molecule has 96 valence electrons. The van der Waals surface area contributed by atoms with Gasteiger partial charge < -0.3 is 0 Å². The van der Waals surface area contributed by atoms with Crippen LogP contribution >= 0.6 is 0 Å². The van der Waals surface area contributed by atoms with Gasteiger partial charge in [-0.25, -0.2) is 0 Å². The highest BCUT2D eigenvalue weighted by molar-refractivity contribution is 6.20. The van der Waals surface area contributed by atoms with E-state index in [4.69, 9.17) is 5.26 Å². The summed E-state index contributed by atoms with van der Waals surface area (Å²) in [5.41, 5.74) is 1.87. The maximum Gasteiger partial charge on any atom is 0.280 e. The Morgan fingerprint density at radius 2 is 1.85 bits per heavy atom. The molecule has 20 heavy (non-hydrogen) atoms. The summed E-state index contributed by atoms with van der Waals surface area (Å²) in [5, 5.41) is 8.74. The molecule has 1 aromatic carbocycles. The van der Waals surface area contributed by atoms with Gasteiger partial charge in [-0.3, -0.25) is 19.5 Å². The molecule has 1 aromatic heterocycles. The van der Waals surface area contributed by atoms with E-state index in [0.29, 0.717) is 11.1 Å². The molecule has 0 saturated heterocycles. The van der Waals surface area contributed by atoms with Gasteiger partial charge in [-0.1, -0.05) is 12.1 Å². The van der Waals surface area contributed by atoms with Gasteiger partial charge in [-0.15, -0.1) is 0 Å². The van der Waals surface area contributed by atoms with Crippen LogP contribution in [0, 0.1) is 11.3 Å². The fraction of sp³-hybridized carbons (Fsp3) is 0.0667. The molecule has 0 bridgehead atoms. The molecule has 0 saturated carbocycles. The van der Waals surface area contributed by atoms with Crippen molar-refractivity contribution in [1.82, 2.24) is 9.88 Å². The number of imide groups is 1. The molecule has 0 N–H and O–H groups in total. The third-order valence-electron chi connectivity index (χ3n) is 3.15. The normalized spacial score (nSPS) is 13.2. The van der Waals surface area contributed by atoms with Crippen molar-refractivity contribution in [3.63, 3.8) is 0 Å². The quantitative estimate of drug-likeness (QED) is 0.773. The topological polar surface area (TPSA) is 74.1 Å². The second-order valence-electron chi connectivity index (χ2n) is 4.40. The molecule has 0 aliphatic carbocycles. The largest absolute Gasteiger partial charge is 0.280 e. The first-order chi connectivity index (χ1) is 9.70. The van der Waals surface area contributed by atoms with E-state index >= 15 is 0 Å². The predicted molar refractivity (Wildman–Crippen MR) is 69.6 cm³/mol. The van der Waals surface area contributed by atoms with E-state index in [9.17, 15) is 9.59 Å². The molecule has 0 fully saturated rings. The van der Waals surface area contributed by atoms with Gasteiger partial charge in [0.25, 0.3) is 11.8 Å². The van der Waals surface area contributed by atoms with Gasteiger partial charge >= 0.3 is 0 Å². The minimum absolute atomic E-state index is 0.180. The predicted octanol–water partition coefficient (Wildman–Crippen LogP) is 1.75. The Morgan fingerprint density at radius 3 is 2.50 bits per heavy atom. The SMILES string of the molecule is N#Cc1ccc(CN2C(=O)c3cccnc3C2=O)cc1. The highest BCUT2D eigenvalue weighted by atomic mass is 16.2. The van der Waals surface area contributed by atoms with E-state index in [2.05, 4.69) is 4.98 Å². The van der Waals surface area contributed by atoms with Gasteiger partial charge in [-0.05, 0) is 29.8 Å². The lowest BCUT2D eigenvalue weighted by molar-refractivity contribution is 0.0640. The Kier molecular flexibility index (Phi) is 2.77. The number of pyridine rings is 1. The van der Waals surface area contributed by atoms with Crippen LogP contribution < -0.4 is 0 Å². The fourth-order valence-corrected chi connectivity index (χ4v) is 2.12. The smallest absolute Gasteiger partial charge is 0.268 e. The lowest BCUT2D eigenvalue weighted by Crippen LogP contribution is -2.29. The number of hydrogen-bond acceptors (Lipinski definition) is 4. The van der Waals surface area contributed by atoms with Crippen molar-refractivity contribution in [2.75, 3.05) is 0 Å².